The highest BCUT2D eigenvalue weighted by Crippen LogP contribution is 2.17. The number of aliphatic carboxylic acids is 1. The van der Waals surface area contributed by atoms with Crippen LogP contribution in [0.1, 0.15) is 12.8 Å². The zero-order valence-corrected chi connectivity index (χ0v) is 7.50. The molecule has 1 saturated heterocycles. The first-order chi connectivity index (χ1) is 6.66. The Morgan fingerprint density at radius 2 is 2.57 bits per heavy atom. The van der Waals surface area contributed by atoms with Gasteiger partial charge in [0.1, 0.15) is 6.26 Å². The van der Waals surface area contributed by atoms with Crippen LogP contribution < -0.4 is 0 Å². The topological polar surface area (TPSA) is 88.2 Å². The average molecular weight is 201 g/mol. The standard InChI is InChI=1S/C7H11N3O4/c1-2-14-8-10(13)9-5-3-4-6(9)7(11)12/h2,6H,1,3-5H2,(H,11,12)/b10-8-/t6-/m0/s1. The Kier molecular flexibility index (Phi) is 3.27. The molecule has 0 unspecified atom stereocenters. The van der Waals surface area contributed by atoms with Gasteiger partial charge in [-0.15, -0.1) is 5.01 Å². The van der Waals surface area contributed by atoms with Gasteiger partial charge in [-0.2, -0.15) is 0 Å². The summed E-state index contributed by atoms with van der Waals surface area (Å²) in [5, 5.41) is 24.1. The second-order valence-electron chi connectivity index (χ2n) is 2.77. The van der Waals surface area contributed by atoms with Crippen molar-refractivity contribution in [2.24, 2.45) is 5.28 Å². The third-order valence-electron chi connectivity index (χ3n) is 1.92. The molecule has 1 fully saturated rings. The highest BCUT2D eigenvalue weighted by atomic mass is 16.7. The van der Waals surface area contributed by atoms with Gasteiger partial charge in [-0.25, -0.2) is 4.79 Å². The Bertz CT molecular complexity index is 266. The molecule has 0 spiro atoms. The maximum absolute atomic E-state index is 11.2. The van der Waals surface area contributed by atoms with Gasteiger partial charge in [0.15, 0.2) is 6.04 Å². The molecule has 0 aliphatic carbocycles. The molecule has 1 heterocycles. The molecule has 1 N–H and O–H groups in total. The number of hydrogen-bond donors (Lipinski definition) is 1. The van der Waals surface area contributed by atoms with Crippen molar-refractivity contribution in [3.05, 3.63) is 18.0 Å². The lowest BCUT2D eigenvalue weighted by atomic mass is 10.2. The number of carboxylic acids is 1. The number of hydrazine groups is 1. The van der Waals surface area contributed by atoms with Crippen molar-refractivity contribution in [3.63, 3.8) is 0 Å². The molecule has 1 aliphatic heterocycles. The summed E-state index contributed by atoms with van der Waals surface area (Å²) in [6.45, 7) is 3.56. The van der Waals surface area contributed by atoms with Gasteiger partial charge in [0, 0.05) is 0 Å². The number of rotatable bonds is 4. The lowest BCUT2D eigenvalue weighted by Gasteiger charge is -2.15. The van der Waals surface area contributed by atoms with E-state index in [4.69, 9.17) is 5.11 Å². The van der Waals surface area contributed by atoms with E-state index in [0.717, 1.165) is 11.3 Å². The van der Waals surface area contributed by atoms with Gasteiger partial charge in [-0.05, 0) is 12.8 Å². The van der Waals surface area contributed by atoms with Crippen LogP contribution in [0.25, 0.3) is 0 Å². The van der Waals surface area contributed by atoms with Crippen LogP contribution in [0.15, 0.2) is 18.1 Å². The molecule has 1 aliphatic rings. The van der Waals surface area contributed by atoms with Crippen LogP contribution in [-0.4, -0.2) is 33.6 Å². The van der Waals surface area contributed by atoms with Crippen molar-refractivity contribution in [1.29, 1.82) is 0 Å². The van der Waals surface area contributed by atoms with Crippen molar-refractivity contribution in [3.8, 4) is 0 Å². The van der Waals surface area contributed by atoms with E-state index < -0.39 is 12.0 Å². The quantitative estimate of drug-likeness (QED) is 0.309. The molecule has 0 aromatic carbocycles. The molecule has 0 radical (unpaired) electrons. The molecule has 7 nitrogen and oxygen atoms in total. The summed E-state index contributed by atoms with van der Waals surface area (Å²) in [7, 11) is 0. The van der Waals surface area contributed by atoms with Crippen LogP contribution in [-0.2, 0) is 9.63 Å². The molecule has 1 rings (SSSR count). The second-order valence-corrected chi connectivity index (χ2v) is 2.77. The van der Waals surface area contributed by atoms with Crippen LogP contribution in [0.4, 0.5) is 0 Å². The van der Waals surface area contributed by atoms with Gasteiger partial charge < -0.3 is 15.2 Å². The molecule has 14 heavy (non-hydrogen) atoms. The zero-order valence-electron chi connectivity index (χ0n) is 7.50. The summed E-state index contributed by atoms with van der Waals surface area (Å²) in [6, 6.07) is -0.815. The normalized spacial score (nSPS) is 22.1. The fraction of sp³-hybridized carbons (Fsp3) is 0.571. The van der Waals surface area contributed by atoms with Crippen molar-refractivity contribution in [2.75, 3.05) is 6.54 Å². The monoisotopic (exact) mass is 201 g/mol. The van der Waals surface area contributed by atoms with E-state index in [1.54, 1.807) is 0 Å². The van der Waals surface area contributed by atoms with E-state index in [9.17, 15) is 10.0 Å². The fourth-order valence-electron chi connectivity index (χ4n) is 1.33. The van der Waals surface area contributed by atoms with Gasteiger partial charge in [0.2, 0.25) is 5.28 Å². The lowest BCUT2D eigenvalue weighted by molar-refractivity contribution is -0.710. The molecule has 0 bridgehead atoms. The van der Waals surface area contributed by atoms with Gasteiger partial charge in [0.05, 0.1) is 11.5 Å². The van der Waals surface area contributed by atoms with Crippen molar-refractivity contribution < 1.29 is 19.7 Å². The van der Waals surface area contributed by atoms with E-state index in [0.29, 0.717) is 19.4 Å². The molecule has 7 heteroatoms. The Hall–Kier alpha value is -1.79. The van der Waals surface area contributed by atoms with Gasteiger partial charge >= 0.3 is 5.97 Å². The Morgan fingerprint density at radius 1 is 1.86 bits per heavy atom. The lowest BCUT2D eigenvalue weighted by Crippen LogP contribution is -2.40. The van der Waals surface area contributed by atoms with Crippen molar-refractivity contribution in [1.82, 2.24) is 5.01 Å². The van der Waals surface area contributed by atoms with Gasteiger partial charge in [-0.1, -0.05) is 6.58 Å². The van der Waals surface area contributed by atoms with Crippen LogP contribution in [0.2, 0.25) is 0 Å². The summed E-state index contributed by atoms with van der Waals surface area (Å²) in [5.74, 6) is -1.03. The number of carbonyl (C=O) groups is 1. The molecule has 0 aromatic heterocycles. The summed E-state index contributed by atoms with van der Waals surface area (Å²) >= 11 is 0. The van der Waals surface area contributed by atoms with Crippen molar-refractivity contribution >= 4 is 5.97 Å². The minimum atomic E-state index is -1.03. The largest absolute Gasteiger partial charge is 0.569 e. The third-order valence-corrected chi connectivity index (χ3v) is 1.92. The molecule has 0 saturated carbocycles. The highest BCUT2D eigenvalue weighted by molar-refractivity contribution is 5.73. The minimum Gasteiger partial charge on any atom is -0.569 e. The van der Waals surface area contributed by atoms with E-state index in [1.165, 1.54) is 0 Å². The maximum atomic E-state index is 11.2. The molecule has 0 aromatic rings. The summed E-state index contributed by atoms with van der Waals surface area (Å²) in [5.41, 5.74) is 0. The first kappa shape index (κ1) is 10.3. The molecule has 1 atom stereocenters. The number of carboxylic acid groups (broad SMARTS) is 1. The first-order valence-electron chi connectivity index (χ1n) is 4.11. The van der Waals surface area contributed by atoms with Crippen molar-refractivity contribution in [2.45, 2.75) is 18.9 Å². The van der Waals surface area contributed by atoms with Crippen LogP contribution in [0.5, 0.6) is 0 Å². The second kappa shape index (κ2) is 4.45. The SMILES string of the molecule is C=CO/N=[N+](\[O-])N1CCC[C@H]1C(=O)O. The summed E-state index contributed by atoms with van der Waals surface area (Å²) in [4.78, 5) is 15.1. The van der Waals surface area contributed by atoms with E-state index in [2.05, 4.69) is 16.7 Å². The Labute approximate surface area is 80.4 Å². The maximum Gasteiger partial charge on any atom is 0.332 e. The molecule has 0 amide bonds. The molecular weight excluding hydrogens is 190 g/mol. The summed E-state index contributed by atoms with van der Waals surface area (Å²) < 4.78 is 0. The third kappa shape index (κ3) is 2.12. The van der Waals surface area contributed by atoms with Crippen LogP contribution >= 0.6 is 0 Å². The molecular formula is C7H11N3O4. The Morgan fingerprint density at radius 3 is 3.14 bits per heavy atom. The molecule has 78 valence electrons. The fourth-order valence-corrected chi connectivity index (χ4v) is 1.33. The average Bonchev–Trinajstić information content (AvgIpc) is 2.62. The minimum absolute atomic E-state index is 0.146. The number of nitrogens with zero attached hydrogens (tertiary/aromatic N) is 3. The van der Waals surface area contributed by atoms with Crippen LogP contribution in [0, 0.1) is 5.21 Å². The van der Waals surface area contributed by atoms with E-state index in [-0.39, 0.29) is 4.97 Å². The summed E-state index contributed by atoms with van der Waals surface area (Å²) in [6.07, 6.45) is 2.08. The smallest absolute Gasteiger partial charge is 0.332 e. The predicted molar refractivity (Wildman–Crippen MR) is 44.7 cm³/mol. The van der Waals surface area contributed by atoms with Crippen LogP contribution in [0.3, 0.4) is 0 Å². The van der Waals surface area contributed by atoms with E-state index in [1.807, 2.05) is 0 Å². The Balaban J connectivity index is 2.66. The first-order valence-corrected chi connectivity index (χ1v) is 4.11. The zero-order chi connectivity index (χ0) is 10.6. The van der Waals surface area contributed by atoms with Gasteiger partial charge in [-0.3, -0.25) is 0 Å². The predicted octanol–water partition coefficient (Wildman–Crippen LogP) is 0.488. The highest BCUT2D eigenvalue weighted by Gasteiger charge is 2.36. The number of hydrogen-bond acceptors (Lipinski definition) is 4. The van der Waals surface area contributed by atoms with E-state index >= 15 is 0 Å². The van der Waals surface area contributed by atoms with Gasteiger partial charge in [0.25, 0.3) is 0 Å².